The number of methoxy groups -OCH3 is 1. The van der Waals surface area contributed by atoms with Gasteiger partial charge in [-0.05, 0) is 64.4 Å². The highest BCUT2D eigenvalue weighted by Gasteiger charge is 2.15. The molecule has 0 bridgehead atoms. The molecule has 0 unspecified atom stereocenters. The second kappa shape index (κ2) is 6.59. The van der Waals surface area contributed by atoms with Crippen LogP contribution in [-0.2, 0) is 13.1 Å². The zero-order chi connectivity index (χ0) is 14.6. The first-order valence-electron chi connectivity index (χ1n) is 7.61. The van der Waals surface area contributed by atoms with Gasteiger partial charge in [-0.25, -0.2) is 0 Å². The molecule has 0 aliphatic carbocycles. The third-order valence-electron chi connectivity index (χ3n) is 3.76. The van der Waals surface area contributed by atoms with Gasteiger partial charge in [0.2, 0.25) is 0 Å². The van der Waals surface area contributed by atoms with E-state index in [4.69, 9.17) is 4.74 Å². The zero-order valence-electron chi connectivity index (χ0n) is 13.3. The lowest BCUT2D eigenvalue weighted by Crippen LogP contribution is -2.35. The smallest absolute Gasteiger partial charge is 0.123 e. The van der Waals surface area contributed by atoms with Gasteiger partial charge in [0.25, 0.3) is 0 Å². The van der Waals surface area contributed by atoms with Crippen molar-refractivity contribution in [3.05, 3.63) is 29.3 Å². The molecule has 0 radical (unpaired) electrons. The van der Waals surface area contributed by atoms with Gasteiger partial charge < -0.3 is 10.1 Å². The van der Waals surface area contributed by atoms with E-state index in [1.54, 1.807) is 7.11 Å². The fourth-order valence-corrected chi connectivity index (χ4v) is 2.61. The summed E-state index contributed by atoms with van der Waals surface area (Å²) in [6.07, 6.45) is 2.65. The van der Waals surface area contributed by atoms with E-state index in [1.807, 2.05) is 0 Å². The quantitative estimate of drug-likeness (QED) is 0.894. The van der Waals surface area contributed by atoms with E-state index in [9.17, 15) is 0 Å². The molecule has 2 rings (SSSR count). The number of hydrogen-bond acceptors (Lipinski definition) is 3. The fourth-order valence-electron chi connectivity index (χ4n) is 2.61. The molecule has 112 valence electrons. The summed E-state index contributed by atoms with van der Waals surface area (Å²) < 4.78 is 5.51. The largest absolute Gasteiger partial charge is 0.496 e. The lowest BCUT2D eigenvalue weighted by molar-refractivity contribution is 0.320. The maximum absolute atomic E-state index is 5.51. The van der Waals surface area contributed by atoms with Crippen LogP contribution in [0.2, 0.25) is 0 Å². The van der Waals surface area contributed by atoms with Crippen molar-refractivity contribution in [3.63, 3.8) is 0 Å². The van der Waals surface area contributed by atoms with Crippen molar-refractivity contribution < 1.29 is 4.74 Å². The first-order valence-corrected chi connectivity index (χ1v) is 7.61. The number of likely N-dealkylation sites (tertiary alicyclic amines) is 1. The average molecular weight is 276 g/mol. The van der Waals surface area contributed by atoms with E-state index < -0.39 is 0 Å². The first kappa shape index (κ1) is 15.3. The molecular formula is C17H28N2O. The molecule has 0 saturated carbocycles. The fraction of sp³-hybridized carbons (Fsp3) is 0.647. The standard InChI is InChI=1S/C17H28N2O/c1-17(2,3)18-12-14-7-8-16(20-4)15(11-14)13-19-9-5-6-10-19/h7-8,11,18H,5-6,9-10,12-13H2,1-4H3. The van der Waals surface area contributed by atoms with E-state index >= 15 is 0 Å². The van der Waals surface area contributed by atoms with Crippen LogP contribution in [0.15, 0.2) is 18.2 Å². The van der Waals surface area contributed by atoms with Crippen LogP contribution in [0.4, 0.5) is 0 Å². The molecule has 20 heavy (non-hydrogen) atoms. The number of rotatable bonds is 5. The normalized spacial score (nSPS) is 16.6. The number of nitrogens with zero attached hydrogens (tertiary/aromatic N) is 1. The maximum atomic E-state index is 5.51. The van der Waals surface area contributed by atoms with Gasteiger partial charge in [-0.2, -0.15) is 0 Å². The van der Waals surface area contributed by atoms with Crippen LogP contribution in [0.25, 0.3) is 0 Å². The molecule has 3 heteroatoms. The van der Waals surface area contributed by atoms with Gasteiger partial charge in [0.05, 0.1) is 7.11 Å². The average Bonchev–Trinajstić information content (AvgIpc) is 2.89. The van der Waals surface area contributed by atoms with Crippen molar-refractivity contribution >= 4 is 0 Å². The summed E-state index contributed by atoms with van der Waals surface area (Å²) in [7, 11) is 1.76. The molecule has 0 atom stereocenters. The Labute approximate surface area is 123 Å². The molecule has 1 aromatic rings. The SMILES string of the molecule is COc1ccc(CNC(C)(C)C)cc1CN1CCCC1. The minimum Gasteiger partial charge on any atom is -0.496 e. The van der Waals surface area contributed by atoms with Crippen LogP contribution in [-0.4, -0.2) is 30.6 Å². The molecule has 0 spiro atoms. The van der Waals surface area contributed by atoms with Crippen LogP contribution in [0.1, 0.15) is 44.7 Å². The predicted molar refractivity (Wildman–Crippen MR) is 84.1 cm³/mol. The van der Waals surface area contributed by atoms with Crippen molar-refractivity contribution in [1.82, 2.24) is 10.2 Å². The Balaban J connectivity index is 2.07. The van der Waals surface area contributed by atoms with Crippen LogP contribution < -0.4 is 10.1 Å². The predicted octanol–water partition coefficient (Wildman–Crippen LogP) is 3.18. The first-order chi connectivity index (χ1) is 9.48. The Bertz CT molecular complexity index is 431. The highest BCUT2D eigenvalue weighted by atomic mass is 16.5. The van der Waals surface area contributed by atoms with E-state index in [0.717, 1.165) is 18.8 Å². The third-order valence-corrected chi connectivity index (χ3v) is 3.76. The van der Waals surface area contributed by atoms with Gasteiger partial charge in [0, 0.05) is 24.2 Å². The Morgan fingerprint density at radius 2 is 1.90 bits per heavy atom. The zero-order valence-corrected chi connectivity index (χ0v) is 13.3. The molecule has 0 amide bonds. The summed E-state index contributed by atoms with van der Waals surface area (Å²) in [5.74, 6) is 1.01. The summed E-state index contributed by atoms with van der Waals surface area (Å²) in [5.41, 5.74) is 2.78. The summed E-state index contributed by atoms with van der Waals surface area (Å²) >= 11 is 0. The Morgan fingerprint density at radius 3 is 2.50 bits per heavy atom. The molecular weight excluding hydrogens is 248 g/mol. The van der Waals surface area contributed by atoms with Crippen LogP contribution >= 0.6 is 0 Å². The van der Waals surface area contributed by atoms with Gasteiger partial charge in [-0.3, -0.25) is 4.90 Å². The van der Waals surface area contributed by atoms with Crippen molar-refractivity contribution in [1.29, 1.82) is 0 Å². The topological polar surface area (TPSA) is 24.5 Å². The Morgan fingerprint density at radius 1 is 1.20 bits per heavy atom. The molecule has 0 aromatic heterocycles. The number of nitrogens with one attached hydrogen (secondary N) is 1. The monoisotopic (exact) mass is 276 g/mol. The van der Waals surface area contributed by atoms with Crippen LogP contribution in [0.3, 0.4) is 0 Å². The van der Waals surface area contributed by atoms with E-state index in [-0.39, 0.29) is 5.54 Å². The lowest BCUT2D eigenvalue weighted by atomic mass is 10.1. The summed E-state index contributed by atoms with van der Waals surface area (Å²) in [6, 6.07) is 6.55. The van der Waals surface area contributed by atoms with Crippen molar-refractivity contribution in [2.24, 2.45) is 0 Å². The van der Waals surface area contributed by atoms with Crippen LogP contribution in [0.5, 0.6) is 5.75 Å². The van der Waals surface area contributed by atoms with E-state index in [2.05, 4.69) is 49.2 Å². The van der Waals surface area contributed by atoms with E-state index in [1.165, 1.54) is 37.1 Å². The summed E-state index contributed by atoms with van der Waals surface area (Å²) in [4.78, 5) is 2.51. The van der Waals surface area contributed by atoms with Crippen molar-refractivity contribution in [2.75, 3.05) is 20.2 Å². The van der Waals surface area contributed by atoms with Gasteiger partial charge in [0.1, 0.15) is 5.75 Å². The minimum atomic E-state index is 0.148. The molecule has 1 saturated heterocycles. The molecule has 1 aromatic carbocycles. The van der Waals surface area contributed by atoms with Gasteiger partial charge >= 0.3 is 0 Å². The van der Waals surface area contributed by atoms with Crippen molar-refractivity contribution in [2.45, 2.75) is 52.2 Å². The number of benzene rings is 1. The van der Waals surface area contributed by atoms with Crippen molar-refractivity contribution in [3.8, 4) is 5.75 Å². The second-order valence-corrected chi connectivity index (χ2v) is 6.73. The highest BCUT2D eigenvalue weighted by molar-refractivity contribution is 5.37. The molecule has 1 aliphatic heterocycles. The van der Waals surface area contributed by atoms with Gasteiger partial charge in [-0.1, -0.05) is 6.07 Å². The summed E-state index contributed by atoms with van der Waals surface area (Å²) in [6.45, 7) is 10.9. The second-order valence-electron chi connectivity index (χ2n) is 6.73. The third kappa shape index (κ3) is 4.50. The molecule has 1 N–H and O–H groups in total. The highest BCUT2D eigenvalue weighted by Crippen LogP contribution is 2.23. The van der Waals surface area contributed by atoms with Crippen LogP contribution in [0, 0.1) is 0 Å². The number of hydrogen-bond donors (Lipinski definition) is 1. The molecule has 3 nitrogen and oxygen atoms in total. The van der Waals surface area contributed by atoms with Gasteiger partial charge in [0.15, 0.2) is 0 Å². The lowest BCUT2D eigenvalue weighted by Gasteiger charge is -2.22. The van der Waals surface area contributed by atoms with Gasteiger partial charge in [-0.15, -0.1) is 0 Å². The Kier molecular flexibility index (Phi) is 5.06. The molecule has 1 heterocycles. The van der Waals surface area contributed by atoms with E-state index in [0.29, 0.717) is 0 Å². The maximum Gasteiger partial charge on any atom is 0.123 e. The molecule has 1 aliphatic rings. The summed E-state index contributed by atoms with van der Waals surface area (Å²) in [5, 5.41) is 3.54. The Hall–Kier alpha value is -1.06. The minimum absolute atomic E-state index is 0.148. The number of ether oxygens (including phenoxy) is 1. The molecule has 1 fully saturated rings.